The van der Waals surface area contributed by atoms with E-state index in [0.29, 0.717) is 13.0 Å². The Bertz CT molecular complexity index is 595. The zero-order valence-corrected chi connectivity index (χ0v) is 15.3. The molecular weight excluding hydrogens is 320 g/mol. The van der Waals surface area contributed by atoms with Crippen LogP contribution < -0.4 is 20.1 Å². The Morgan fingerprint density at radius 2 is 1.88 bits per heavy atom. The third-order valence-electron chi connectivity index (χ3n) is 4.15. The van der Waals surface area contributed by atoms with Crippen LogP contribution in [0.5, 0.6) is 11.5 Å². The minimum Gasteiger partial charge on any atom is -0.493 e. The summed E-state index contributed by atoms with van der Waals surface area (Å²) in [4.78, 5) is 23.3. The van der Waals surface area contributed by atoms with Gasteiger partial charge in [0, 0.05) is 12.6 Å². The van der Waals surface area contributed by atoms with Crippen molar-refractivity contribution in [3.8, 4) is 11.5 Å². The van der Waals surface area contributed by atoms with Crippen molar-refractivity contribution in [1.82, 2.24) is 10.6 Å². The molecule has 6 nitrogen and oxygen atoms in total. The summed E-state index contributed by atoms with van der Waals surface area (Å²) < 4.78 is 11.4. The number of ether oxygens (including phenoxy) is 2. The highest BCUT2D eigenvalue weighted by molar-refractivity contribution is 6.35. The molecular formula is C19H28N2O4. The summed E-state index contributed by atoms with van der Waals surface area (Å²) >= 11 is 0. The van der Waals surface area contributed by atoms with Crippen molar-refractivity contribution in [2.24, 2.45) is 0 Å². The summed E-state index contributed by atoms with van der Waals surface area (Å²) in [6, 6.07) is 5.72. The van der Waals surface area contributed by atoms with E-state index in [1.165, 1.54) is 12.8 Å². The lowest BCUT2D eigenvalue weighted by atomic mass is 10.1. The third kappa shape index (κ3) is 5.96. The normalized spacial score (nSPS) is 14.4. The maximum atomic E-state index is 11.7. The van der Waals surface area contributed by atoms with Gasteiger partial charge in [0.1, 0.15) is 0 Å². The van der Waals surface area contributed by atoms with Crippen molar-refractivity contribution < 1.29 is 19.1 Å². The average molecular weight is 348 g/mol. The minimum atomic E-state index is -0.607. The third-order valence-corrected chi connectivity index (χ3v) is 4.15. The van der Waals surface area contributed by atoms with Gasteiger partial charge in [-0.25, -0.2) is 0 Å². The highest BCUT2D eigenvalue weighted by Gasteiger charge is 2.19. The smallest absolute Gasteiger partial charge is 0.309 e. The first-order chi connectivity index (χ1) is 12.0. The molecule has 0 aromatic heterocycles. The molecule has 1 aromatic rings. The van der Waals surface area contributed by atoms with Crippen LogP contribution in [0, 0.1) is 0 Å². The number of rotatable bonds is 7. The van der Waals surface area contributed by atoms with Crippen molar-refractivity contribution in [1.29, 1.82) is 0 Å². The quantitative estimate of drug-likeness (QED) is 0.741. The van der Waals surface area contributed by atoms with E-state index in [0.717, 1.165) is 29.9 Å². The highest BCUT2D eigenvalue weighted by Crippen LogP contribution is 2.32. The molecule has 1 aromatic carbocycles. The lowest BCUT2D eigenvalue weighted by molar-refractivity contribution is -0.139. The van der Waals surface area contributed by atoms with Gasteiger partial charge >= 0.3 is 11.8 Å². The Hall–Kier alpha value is -2.24. The Kier molecular flexibility index (Phi) is 7.10. The largest absolute Gasteiger partial charge is 0.493 e. The summed E-state index contributed by atoms with van der Waals surface area (Å²) in [6.45, 7) is 4.02. The summed E-state index contributed by atoms with van der Waals surface area (Å²) in [5.41, 5.74) is 1.03. The molecule has 138 valence electrons. The van der Waals surface area contributed by atoms with E-state index in [1.807, 2.05) is 32.0 Å². The predicted molar refractivity (Wildman–Crippen MR) is 95.9 cm³/mol. The summed E-state index contributed by atoms with van der Waals surface area (Å²) in [5, 5.41) is 5.20. The van der Waals surface area contributed by atoms with Gasteiger partial charge in [-0.2, -0.15) is 0 Å². The zero-order valence-electron chi connectivity index (χ0n) is 15.3. The van der Waals surface area contributed by atoms with Gasteiger partial charge in [-0.3, -0.25) is 9.59 Å². The van der Waals surface area contributed by atoms with Gasteiger partial charge in [-0.15, -0.1) is 0 Å². The van der Waals surface area contributed by atoms with E-state index >= 15 is 0 Å². The first-order valence-electron chi connectivity index (χ1n) is 8.92. The Labute approximate surface area is 149 Å². The number of methoxy groups -OCH3 is 1. The number of benzene rings is 1. The number of carbonyl (C=O) groups excluding carboxylic acids is 2. The first kappa shape index (κ1) is 19.1. The number of hydrogen-bond donors (Lipinski definition) is 2. The molecule has 0 bridgehead atoms. The number of amides is 2. The number of nitrogens with one attached hydrogen (secondary N) is 2. The molecule has 2 amide bonds. The van der Waals surface area contributed by atoms with Gasteiger partial charge in [-0.1, -0.05) is 6.07 Å². The molecule has 6 heteroatoms. The van der Waals surface area contributed by atoms with E-state index in [1.54, 1.807) is 7.11 Å². The van der Waals surface area contributed by atoms with Gasteiger partial charge in [0.25, 0.3) is 0 Å². The van der Waals surface area contributed by atoms with Crippen LogP contribution in [0.2, 0.25) is 0 Å². The standard InChI is InChI=1S/C19H28N2O4/c1-13(2)21-19(23)18(22)20-11-10-14-8-9-16(24-3)17(12-14)25-15-6-4-5-7-15/h8-9,12-13,15H,4-7,10-11H2,1-3H3,(H,20,22)(H,21,23). The van der Waals surface area contributed by atoms with Gasteiger partial charge in [0.05, 0.1) is 13.2 Å². The molecule has 1 aliphatic carbocycles. The van der Waals surface area contributed by atoms with E-state index in [2.05, 4.69) is 10.6 Å². The van der Waals surface area contributed by atoms with Crippen LogP contribution in [0.4, 0.5) is 0 Å². The fourth-order valence-electron chi connectivity index (χ4n) is 2.88. The maximum Gasteiger partial charge on any atom is 0.309 e. The summed E-state index contributed by atoms with van der Waals surface area (Å²) in [7, 11) is 1.63. The van der Waals surface area contributed by atoms with Crippen LogP contribution in [-0.4, -0.2) is 37.6 Å². The second kappa shape index (κ2) is 9.30. The van der Waals surface area contributed by atoms with E-state index in [4.69, 9.17) is 9.47 Å². The molecule has 2 rings (SSSR count). The second-order valence-electron chi connectivity index (χ2n) is 6.64. The molecule has 0 aliphatic heterocycles. The van der Waals surface area contributed by atoms with Gasteiger partial charge < -0.3 is 20.1 Å². The van der Waals surface area contributed by atoms with Crippen molar-refractivity contribution in [2.75, 3.05) is 13.7 Å². The second-order valence-corrected chi connectivity index (χ2v) is 6.64. The fourth-order valence-corrected chi connectivity index (χ4v) is 2.88. The Morgan fingerprint density at radius 1 is 1.16 bits per heavy atom. The zero-order chi connectivity index (χ0) is 18.2. The lowest BCUT2D eigenvalue weighted by Crippen LogP contribution is -2.43. The van der Waals surface area contributed by atoms with Crippen LogP contribution >= 0.6 is 0 Å². The predicted octanol–water partition coefficient (Wildman–Crippen LogP) is 2.20. The maximum absolute atomic E-state index is 11.7. The molecule has 1 fully saturated rings. The molecule has 0 saturated heterocycles. The number of hydrogen-bond acceptors (Lipinski definition) is 4. The Morgan fingerprint density at radius 3 is 2.52 bits per heavy atom. The highest BCUT2D eigenvalue weighted by atomic mass is 16.5. The van der Waals surface area contributed by atoms with Crippen molar-refractivity contribution >= 4 is 11.8 Å². The number of carbonyl (C=O) groups is 2. The fraction of sp³-hybridized carbons (Fsp3) is 0.579. The van der Waals surface area contributed by atoms with E-state index < -0.39 is 11.8 Å². The summed E-state index contributed by atoms with van der Waals surface area (Å²) in [6.07, 6.45) is 5.44. The molecule has 2 N–H and O–H groups in total. The SMILES string of the molecule is COc1ccc(CCNC(=O)C(=O)NC(C)C)cc1OC1CCCC1. The molecule has 1 aliphatic rings. The molecule has 0 unspecified atom stereocenters. The van der Waals surface area contributed by atoms with Gasteiger partial charge in [0.2, 0.25) is 0 Å². The van der Waals surface area contributed by atoms with Crippen LogP contribution in [0.25, 0.3) is 0 Å². The first-order valence-corrected chi connectivity index (χ1v) is 8.92. The molecule has 25 heavy (non-hydrogen) atoms. The minimum absolute atomic E-state index is 0.0601. The van der Waals surface area contributed by atoms with Gasteiger partial charge in [0.15, 0.2) is 11.5 Å². The van der Waals surface area contributed by atoms with Gasteiger partial charge in [-0.05, 0) is 63.6 Å². The average Bonchev–Trinajstić information content (AvgIpc) is 3.07. The summed E-state index contributed by atoms with van der Waals surface area (Å²) in [5.74, 6) is 0.256. The van der Waals surface area contributed by atoms with E-state index in [-0.39, 0.29) is 12.1 Å². The van der Waals surface area contributed by atoms with Crippen LogP contribution in [0.3, 0.4) is 0 Å². The van der Waals surface area contributed by atoms with E-state index in [9.17, 15) is 9.59 Å². The molecule has 0 atom stereocenters. The van der Waals surface area contributed by atoms with Crippen molar-refractivity contribution in [2.45, 2.75) is 58.1 Å². The monoisotopic (exact) mass is 348 g/mol. The van der Waals surface area contributed by atoms with Crippen molar-refractivity contribution in [3.63, 3.8) is 0 Å². The van der Waals surface area contributed by atoms with Crippen LogP contribution in [0.15, 0.2) is 18.2 Å². The Balaban J connectivity index is 1.89. The topological polar surface area (TPSA) is 76.7 Å². The molecule has 0 heterocycles. The molecule has 1 saturated carbocycles. The van der Waals surface area contributed by atoms with Crippen LogP contribution in [0.1, 0.15) is 45.1 Å². The lowest BCUT2D eigenvalue weighted by Gasteiger charge is -2.17. The van der Waals surface area contributed by atoms with Crippen molar-refractivity contribution in [3.05, 3.63) is 23.8 Å². The molecule has 0 spiro atoms. The molecule has 0 radical (unpaired) electrons. The van der Waals surface area contributed by atoms with Crippen LogP contribution in [-0.2, 0) is 16.0 Å².